The van der Waals surface area contributed by atoms with Gasteiger partial charge < -0.3 is 16.4 Å². The van der Waals surface area contributed by atoms with Crippen LogP contribution < -0.4 is 21.9 Å². The first-order valence-corrected chi connectivity index (χ1v) is 11.4. The highest BCUT2D eigenvalue weighted by Gasteiger charge is 2.46. The molecule has 1 atom stereocenters. The van der Waals surface area contributed by atoms with Crippen molar-refractivity contribution >= 4 is 23.5 Å². The van der Waals surface area contributed by atoms with E-state index in [-0.39, 0.29) is 27.7 Å². The Labute approximate surface area is 189 Å². The second kappa shape index (κ2) is 7.90. The highest BCUT2D eigenvalue weighted by molar-refractivity contribution is 7.99. The van der Waals surface area contributed by atoms with Crippen LogP contribution in [-0.4, -0.2) is 27.6 Å². The zero-order valence-electron chi connectivity index (χ0n) is 17.8. The van der Waals surface area contributed by atoms with E-state index in [4.69, 9.17) is 11.5 Å². The second-order valence-corrected chi connectivity index (χ2v) is 9.68. The molecule has 1 aliphatic heterocycles. The molecule has 0 radical (unpaired) electrons. The molecule has 5 rings (SSSR count). The molecule has 9 heteroatoms. The number of nitrogens with zero attached hydrogens (tertiary/aromatic N) is 4. The fourth-order valence-electron chi connectivity index (χ4n) is 4.97. The third-order valence-electron chi connectivity index (χ3n) is 6.85. The van der Waals surface area contributed by atoms with Crippen molar-refractivity contribution in [2.24, 2.45) is 18.2 Å². The van der Waals surface area contributed by atoms with Crippen LogP contribution in [0, 0.1) is 11.2 Å². The van der Waals surface area contributed by atoms with Crippen LogP contribution in [0.4, 0.5) is 16.2 Å². The number of hydrogen-bond donors (Lipinski definition) is 2. The Morgan fingerprint density at radius 3 is 2.66 bits per heavy atom. The fourth-order valence-corrected chi connectivity index (χ4v) is 5.86. The van der Waals surface area contributed by atoms with Crippen molar-refractivity contribution in [3.63, 3.8) is 0 Å². The Hall–Kier alpha value is -2.91. The Morgan fingerprint density at radius 2 is 1.91 bits per heavy atom. The number of nitrogen functional groups attached to an aromatic ring is 1. The van der Waals surface area contributed by atoms with Gasteiger partial charge >= 0.3 is 0 Å². The molecule has 1 aromatic carbocycles. The highest BCUT2D eigenvalue weighted by Crippen LogP contribution is 2.50. The van der Waals surface area contributed by atoms with Gasteiger partial charge in [-0.15, -0.1) is 0 Å². The average molecular weight is 453 g/mol. The quantitative estimate of drug-likeness (QED) is 0.630. The van der Waals surface area contributed by atoms with Gasteiger partial charge in [0.25, 0.3) is 5.56 Å². The number of fused-ring (bicyclic) bond motifs is 1. The van der Waals surface area contributed by atoms with E-state index < -0.39 is 5.82 Å². The van der Waals surface area contributed by atoms with Gasteiger partial charge in [0.15, 0.2) is 11.6 Å². The third kappa shape index (κ3) is 3.36. The number of nitrogens with two attached hydrogens (primary N) is 2. The summed E-state index contributed by atoms with van der Waals surface area (Å²) < 4.78 is 15.7. The average Bonchev–Trinajstić information content (AvgIpc) is 3.07. The molecular weight excluding hydrogens is 427 g/mol. The Kier molecular flexibility index (Phi) is 5.17. The standard InChI is InChI=1S/C23H25FN6OS/c1-29-21(31)17(32-16-6-9-27-20(26)18(16)24)13-28-22(29)30-10-7-23(8-11-30)12-14-4-2-3-5-15(14)19(23)25/h2-6,9,13,19H,7-8,10-12,25H2,1H3,(H2,26,27)/t19-/m1/s1. The first-order chi connectivity index (χ1) is 15.4. The monoisotopic (exact) mass is 452 g/mol. The van der Waals surface area contributed by atoms with Crippen molar-refractivity contribution in [3.05, 3.63) is 70.0 Å². The molecule has 0 unspecified atom stereocenters. The lowest BCUT2D eigenvalue weighted by Gasteiger charge is -2.42. The maximum atomic E-state index is 14.2. The maximum absolute atomic E-state index is 14.2. The molecular formula is C23H25FN6OS. The summed E-state index contributed by atoms with van der Waals surface area (Å²) in [6.07, 6.45) is 5.82. The third-order valence-corrected chi connectivity index (χ3v) is 7.88. The SMILES string of the molecule is Cn1c(N2CCC3(CC2)Cc2ccccc2[C@H]3N)ncc(Sc2ccnc(N)c2F)c1=O. The number of hydrogen-bond acceptors (Lipinski definition) is 7. The number of anilines is 2. The molecule has 0 amide bonds. The van der Waals surface area contributed by atoms with Gasteiger partial charge in [-0.1, -0.05) is 36.0 Å². The lowest BCUT2D eigenvalue weighted by atomic mass is 9.73. The summed E-state index contributed by atoms with van der Waals surface area (Å²) in [7, 11) is 1.70. The predicted octanol–water partition coefficient (Wildman–Crippen LogP) is 2.89. The van der Waals surface area contributed by atoms with Crippen LogP contribution >= 0.6 is 11.8 Å². The molecule has 166 valence electrons. The van der Waals surface area contributed by atoms with Crippen molar-refractivity contribution in [3.8, 4) is 0 Å². The molecule has 2 aliphatic rings. The van der Waals surface area contributed by atoms with Crippen LogP contribution in [-0.2, 0) is 13.5 Å². The summed E-state index contributed by atoms with van der Waals surface area (Å²) in [6, 6.07) is 9.98. The van der Waals surface area contributed by atoms with Gasteiger partial charge in [0.05, 0.1) is 16.0 Å². The minimum Gasteiger partial charge on any atom is -0.381 e. The molecule has 3 aromatic rings. The van der Waals surface area contributed by atoms with Crippen molar-refractivity contribution in [2.75, 3.05) is 23.7 Å². The van der Waals surface area contributed by atoms with Crippen molar-refractivity contribution < 1.29 is 4.39 Å². The van der Waals surface area contributed by atoms with Gasteiger partial charge in [-0.25, -0.2) is 14.4 Å². The number of piperidine rings is 1. The van der Waals surface area contributed by atoms with Crippen LogP contribution in [0.25, 0.3) is 0 Å². The van der Waals surface area contributed by atoms with Crippen LogP contribution in [0.5, 0.6) is 0 Å². The van der Waals surface area contributed by atoms with Crippen molar-refractivity contribution in [1.82, 2.24) is 14.5 Å². The Balaban J connectivity index is 1.34. The minimum absolute atomic E-state index is 0.0408. The van der Waals surface area contributed by atoms with Gasteiger partial charge in [0.2, 0.25) is 5.95 Å². The molecule has 4 N–H and O–H groups in total. The summed E-state index contributed by atoms with van der Waals surface area (Å²) in [4.78, 5) is 24.0. The van der Waals surface area contributed by atoms with E-state index in [1.165, 1.54) is 34.2 Å². The normalized spacial score (nSPS) is 19.3. The second-order valence-electron chi connectivity index (χ2n) is 8.60. The summed E-state index contributed by atoms with van der Waals surface area (Å²) in [6.45, 7) is 1.56. The Bertz CT molecular complexity index is 1240. The molecule has 1 aliphatic carbocycles. The highest BCUT2D eigenvalue weighted by atomic mass is 32.2. The number of aromatic nitrogens is 3. The molecule has 1 spiro atoms. The lowest BCUT2D eigenvalue weighted by Crippen LogP contribution is -2.46. The molecule has 1 saturated heterocycles. The maximum Gasteiger partial charge on any atom is 0.268 e. The predicted molar refractivity (Wildman–Crippen MR) is 123 cm³/mol. The molecule has 0 saturated carbocycles. The molecule has 2 aromatic heterocycles. The molecule has 0 bridgehead atoms. The number of rotatable bonds is 3. The van der Waals surface area contributed by atoms with E-state index in [1.807, 2.05) is 0 Å². The Morgan fingerprint density at radius 1 is 1.16 bits per heavy atom. The summed E-state index contributed by atoms with van der Waals surface area (Å²) >= 11 is 1.01. The minimum atomic E-state index is -0.626. The van der Waals surface area contributed by atoms with E-state index in [0.717, 1.165) is 44.1 Å². The van der Waals surface area contributed by atoms with Crippen LogP contribution in [0.3, 0.4) is 0 Å². The fraction of sp³-hybridized carbons (Fsp3) is 0.348. The van der Waals surface area contributed by atoms with Gasteiger partial charge in [-0.05, 0) is 41.9 Å². The number of halogens is 1. The molecule has 1 fully saturated rings. The number of benzene rings is 1. The van der Waals surface area contributed by atoms with E-state index in [1.54, 1.807) is 7.05 Å². The topological polar surface area (TPSA) is 103 Å². The lowest BCUT2D eigenvalue weighted by molar-refractivity contribution is 0.186. The first-order valence-electron chi connectivity index (χ1n) is 10.6. The largest absolute Gasteiger partial charge is 0.381 e. The zero-order chi connectivity index (χ0) is 22.5. The van der Waals surface area contributed by atoms with Crippen molar-refractivity contribution in [2.45, 2.75) is 35.1 Å². The van der Waals surface area contributed by atoms with Crippen LogP contribution in [0.2, 0.25) is 0 Å². The zero-order valence-corrected chi connectivity index (χ0v) is 18.6. The summed E-state index contributed by atoms with van der Waals surface area (Å²) in [5.41, 5.74) is 14.7. The molecule has 3 heterocycles. The van der Waals surface area contributed by atoms with Gasteiger partial charge in [-0.3, -0.25) is 9.36 Å². The van der Waals surface area contributed by atoms with Crippen molar-refractivity contribution in [1.29, 1.82) is 0 Å². The summed E-state index contributed by atoms with van der Waals surface area (Å²) in [5.74, 6) is -0.197. The van der Waals surface area contributed by atoms with Crippen LogP contribution in [0.1, 0.15) is 30.0 Å². The van der Waals surface area contributed by atoms with E-state index in [9.17, 15) is 9.18 Å². The first kappa shape index (κ1) is 21.0. The van der Waals surface area contributed by atoms with Crippen LogP contribution in [0.15, 0.2) is 57.3 Å². The van der Waals surface area contributed by atoms with Gasteiger partial charge in [0.1, 0.15) is 0 Å². The number of pyridine rings is 1. The molecule has 32 heavy (non-hydrogen) atoms. The van der Waals surface area contributed by atoms with Gasteiger partial charge in [0, 0.05) is 32.4 Å². The molecule has 7 nitrogen and oxygen atoms in total. The van der Waals surface area contributed by atoms with E-state index in [0.29, 0.717) is 10.8 Å². The van der Waals surface area contributed by atoms with E-state index in [2.05, 4.69) is 39.1 Å². The smallest absolute Gasteiger partial charge is 0.268 e. The van der Waals surface area contributed by atoms with Gasteiger partial charge in [-0.2, -0.15) is 0 Å². The van der Waals surface area contributed by atoms with E-state index >= 15 is 0 Å². The summed E-state index contributed by atoms with van der Waals surface area (Å²) in [5, 5.41) is 0.